The van der Waals surface area contributed by atoms with E-state index in [0.717, 1.165) is 11.1 Å². The molecule has 2 amide bonds. The average molecular weight is 219 g/mol. The van der Waals surface area contributed by atoms with Crippen molar-refractivity contribution in [3.05, 3.63) is 28.8 Å². The van der Waals surface area contributed by atoms with Crippen molar-refractivity contribution < 1.29 is 14.3 Å². The Labute approximate surface area is 93.6 Å². The number of amides is 2. The van der Waals surface area contributed by atoms with Gasteiger partial charge in [-0.3, -0.25) is 14.9 Å². The van der Waals surface area contributed by atoms with Crippen LogP contribution >= 0.6 is 0 Å². The van der Waals surface area contributed by atoms with E-state index in [0.29, 0.717) is 24.2 Å². The summed E-state index contributed by atoms with van der Waals surface area (Å²) in [6, 6.07) is 3.66. The number of carbonyl (C=O) groups excluding carboxylic acids is 2. The lowest BCUT2D eigenvalue weighted by Gasteiger charge is -2.12. The highest BCUT2D eigenvalue weighted by atomic mass is 16.5. The van der Waals surface area contributed by atoms with Gasteiger partial charge >= 0.3 is 0 Å². The fraction of sp³-hybridized carbons (Fsp3) is 0.333. The Morgan fingerprint density at radius 3 is 2.69 bits per heavy atom. The van der Waals surface area contributed by atoms with Crippen LogP contribution in [0.3, 0.4) is 0 Å². The summed E-state index contributed by atoms with van der Waals surface area (Å²) in [7, 11) is 1.57. The van der Waals surface area contributed by atoms with E-state index in [9.17, 15) is 9.59 Å². The van der Waals surface area contributed by atoms with E-state index >= 15 is 0 Å². The van der Waals surface area contributed by atoms with Crippen LogP contribution in [0.1, 0.15) is 27.9 Å². The molecule has 0 saturated carbocycles. The molecule has 0 spiro atoms. The van der Waals surface area contributed by atoms with E-state index in [4.69, 9.17) is 4.74 Å². The number of methoxy groups -OCH3 is 1. The fourth-order valence-corrected chi connectivity index (χ4v) is 1.99. The van der Waals surface area contributed by atoms with Crippen molar-refractivity contribution in [3.63, 3.8) is 0 Å². The normalized spacial score (nSPS) is 15.1. The van der Waals surface area contributed by atoms with Crippen molar-refractivity contribution in [1.82, 2.24) is 5.32 Å². The number of benzene rings is 1. The van der Waals surface area contributed by atoms with Gasteiger partial charge in [-0.2, -0.15) is 0 Å². The molecule has 1 aliphatic heterocycles. The summed E-state index contributed by atoms with van der Waals surface area (Å²) in [6.07, 6.45) is 0.857. The van der Waals surface area contributed by atoms with Crippen LogP contribution < -0.4 is 10.1 Å². The monoisotopic (exact) mass is 219 g/mol. The number of imide groups is 1. The molecule has 0 saturated heterocycles. The van der Waals surface area contributed by atoms with E-state index in [1.165, 1.54) is 0 Å². The number of nitrogens with one attached hydrogen (secondary N) is 1. The van der Waals surface area contributed by atoms with Crippen LogP contribution in [0.15, 0.2) is 12.1 Å². The molecule has 0 atom stereocenters. The van der Waals surface area contributed by atoms with Crippen LogP contribution in [-0.2, 0) is 11.2 Å². The van der Waals surface area contributed by atoms with E-state index in [-0.39, 0.29) is 11.8 Å². The molecule has 0 aromatic heterocycles. The molecule has 4 heteroatoms. The van der Waals surface area contributed by atoms with Gasteiger partial charge in [-0.25, -0.2) is 0 Å². The Hall–Kier alpha value is -1.84. The molecule has 4 nitrogen and oxygen atoms in total. The second kappa shape index (κ2) is 3.96. The SMILES string of the molecule is COc1ccc(C)c2c1CCC(=O)NC2=O. The van der Waals surface area contributed by atoms with Gasteiger partial charge in [-0.1, -0.05) is 6.07 Å². The van der Waals surface area contributed by atoms with Crippen molar-refractivity contribution in [3.8, 4) is 5.75 Å². The van der Waals surface area contributed by atoms with E-state index in [1.807, 2.05) is 19.1 Å². The van der Waals surface area contributed by atoms with Crippen molar-refractivity contribution in [2.24, 2.45) is 0 Å². The van der Waals surface area contributed by atoms with Crippen LogP contribution in [0, 0.1) is 6.92 Å². The zero-order valence-electron chi connectivity index (χ0n) is 9.29. The maximum atomic E-state index is 11.8. The van der Waals surface area contributed by atoms with Gasteiger partial charge in [-0.15, -0.1) is 0 Å². The Morgan fingerprint density at radius 1 is 1.25 bits per heavy atom. The molecule has 0 fully saturated rings. The third kappa shape index (κ3) is 1.66. The molecule has 1 aromatic carbocycles. The van der Waals surface area contributed by atoms with Crippen LogP contribution in [0.25, 0.3) is 0 Å². The number of hydrogen-bond donors (Lipinski definition) is 1. The fourth-order valence-electron chi connectivity index (χ4n) is 1.99. The topological polar surface area (TPSA) is 55.4 Å². The molecular weight excluding hydrogens is 206 g/mol. The number of aryl methyl sites for hydroxylation is 1. The van der Waals surface area contributed by atoms with Gasteiger partial charge < -0.3 is 4.74 Å². The molecule has 1 N–H and O–H groups in total. The predicted octanol–water partition coefficient (Wildman–Crippen LogP) is 1.21. The van der Waals surface area contributed by atoms with Crippen LogP contribution in [-0.4, -0.2) is 18.9 Å². The number of carbonyl (C=O) groups is 2. The second-order valence-electron chi connectivity index (χ2n) is 3.82. The summed E-state index contributed by atoms with van der Waals surface area (Å²) in [5.74, 6) is 0.113. The summed E-state index contributed by atoms with van der Waals surface area (Å²) < 4.78 is 5.22. The summed E-state index contributed by atoms with van der Waals surface area (Å²) in [5.41, 5.74) is 2.26. The molecule has 0 radical (unpaired) electrons. The predicted molar refractivity (Wildman–Crippen MR) is 58.5 cm³/mol. The molecule has 2 rings (SSSR count). The summed E-state index contributed by atoms with van der Waals surface area (Å²) in [6.45, 7) is 1.85. The lowest BCUT2D eigenvalue weighted by molar-refractivity contribution is -0.119. The molecule has 0 unspecified atom stereocenters. The zero-order chi connectivity index (χ0) is 11.7. The van der Waals surface area contributed by atoms with E-state index in [2.05, 4.69) is 5.32 Å². The minimum absolute atomic E-state index is 0.234. The molecule has 0 aliphatic carbocycles. The van der Waals surface area contributed by atoms with Gasteiger partial charge in [0.25, 0.3) is 5.91 Å². The highest BCUT2D eigenvalue weighted by Crippen LogP contribution is 2.28. The lowest BCUT2D eigenvalue weighted by Crippen LogP contribution is -2.28. The largest absolute Gasteiger partial charge is 0.496 e. The highest BCUT2D eigenvalue weighted by molar-refractivity contribution is 6.08. The highest BCUT2D eigenvalue weighted by Gasteiger charge is 2.23. The molecule has 1 heterocycles. The van der Waals surface area contributed by atoms with Gasteiger partial charge in [0.2, 0.25) is 5.91 Å². The number of hydrogen-bond acceptors (Lipinski definition) is 3. The minimum atomic E-state index is -0.325. The molecule has 84 valence electrons. The maximum absolute atomic E-state index is 11.8. The van der Waals surface area contributed by atoms with Gasteiger partial charge in [0.05, 0.1) is 7.11 Å². The van der Waals surface area contributed by atoms with Crippen LogP contribution in [0.2, 0.25) is 0 Å². The third-order valence-electron chi connectivity index (χ3n) is 2.78. The van der Waals surface area contributed by atoms with Crippen molar-refractivity contribution in [1.29, 1.82) is 0 Å². The van der Waals surface area contributed by atoms with E-state index in [1.54, 1.807) is 7.11 Å². The molecular formula is C12H13NO3. The second-order valence-corrected chi connectivity index (χ2v) is 3.82. The smallest absolute Gasteiger partial charge is 0.258 e. The average Bonchev–Trinajstić information content (AvgIpc) is 2.39. The zero-order valence-corrected chi connectivity index (χ0v) is 9.29. The van der Waals surface area contributed by atoms with Gasteiger partial charge in [0.1, 0.15) is 5.75 Å². The van der Waals surface area contributed by atoms with Crippen molar-refractivity contribution >= 4 is 11.8 Å². The molecule has 1 aliphatic rings. The van der Waals surface area contributed by atoms with Crippen molar-refractivity contribution in [2.75, 3.05) is 7.11 Å². The Bertz CT molecular complexity index is 466. The summed E-state index contributed by atoms with van der Waals surface area (Å²) in [4.78, 5) is 23.1. The van der Waals surface area contributed by atoms with Gasteiger partial charge in [-0.05, 0) is 25.0 Å². The number of fused-ring (bicyclic) bond motifs is 1. The first-order valence-electron chi connectivity index (χ1n) is 5.14. The summed E-state index contributed by atoms with van der Waals surface area (Å²) in [5, 5.41) is 2.36. The summed E-state index contributed by atoms with van der Waals surface area (Å²) >= 11 is 0. The lowest BCUT2D eigenvalue weighted by atomic mass is 9.98. The molecule has 0 bridgehead atoms. The van der Waals surface area contributed by atoms with Gasteiger partial charge in [0, 0.05) is 17.5 Å². The Balaban J connectivity index is 2.61. The van der Waals surface area contributed by atoms with Crippen LogP contribution in [0.4, 0.5) is 0 Å². The minimum Gasteiger partial charge on any atom is -0.496 e. The quantitative estimate of drug-likeness (QED) is 0.722. The molecule has 1 aromatic rings. The molecule has 16 heavy (non-hydrogen) atoms. The Morgan fingerprint density at radius 2 is 2.00 bits per heavy atom. The van der Waals surface area contributed by atoms with Crippen LogP contribution in [0.5, 0.6) is 5.75 Å². The number of ether oxygens (including phenoxy) is 1. The number of rotatable bonds is 1. The first-order chi connectivity index (χ1) is 7.63. The Kier molecular flexibility index (Phi) is 2.64. The first kappa shape index (κ1) is 10.7. The maximum Gasteiger partial charge on any atom is 0.258 e. The van der Waals surface area contributed by atoms with Crippen molar-refractivity contribution in [2.45, 2.75) is 19.8 Å². The van der Waals surface area contributed by atoms with E-state index < -0.39 is 0 Å². The first-order valence-corrected chi connectivity index (χ1v) is 5.14. The van der Waals surface area contributed by atoms with Gasteiger partial charge in [0.15, 0.2) is 0 Å². The standard InChI is InChI=1S/C12H13NO3/c1-7-3-5-9(16-2)8-4-6-10(14)13-12(15)11(7)8/h3,5H,4,6H2,1-2H3,(H,13,14,15). The third-order valence-corrected chi connectivity index (χ3v) is 2.78.